The quantitative estimate of drug-likeness (QED) is 0.401. The van der Waals surface area contributed by atoms with Crippen molar-refractivity contribution in [1.29, 1.82) is 0 Å². The van der Waals surface area contributed by atoms with Crippen molar-refractivity contribution in [1.82, 2.24) is 19.7 Å². The molecule has 5 nitrogen and oxygen atoms in total. The molecule has 1 aliphatic carbocycles. The van der Waals surface area contributed by atoms with Crippen LogP contribution in [0.5, 0.6) is 0 Å². The van der Waals surface area contributed by atoms with Crippen LogP contribution in [0, 0.1) is 13.8 Å². The molecule has 6 heteroatoms. The molecular weight excluding hydrogens is 402 g/mol. The second kappa shape index (κ2) is 7.85. The van der Waals surface area contributed by atoms with Crippen LogP contribution in [0.25, 0.3) is 11.4 Å². The Bertz CT molecular complexity index is 1210. The third-order valence-electron chi connectivity index (χ3n) is 5.95. The van der Waals surface area contributed by atoms with Crippen molar-refractivity contribution in [3.05, 3.63) is 89.4 Å². The maximum Gasteiger partial charge on any atom is 0.162 e. The number of aromatic nitrogens is 4. The highest BCUT2D eigenvalue weighted by atomic mass is 32.2. The summed E-state index contributed by atoms with van der Waals surface area (Å²) < 4.78 is 5.23. The number of benzene rings is 2. The molecule has 1 saturated carbocycles. The van der Waals surface area contributed by atoms with Crippen molar-refractivity contribution in [2.45, 2.75) is 37.0 Å². The van der Waals surface area contributed by atoms with E-state index in [-0.39, 0.29) is 5.41 Å². The van der Waals surface area contributed by atoms with E-state index < -0.39 is 0 Å². The van der Waals surface area contributed by atoms with Crippen LogP contribution in [0.1, 0.15) is 35.2 Å². The van der Waals surface area contributed by atoms with Gasteiger partial charge in [0.25, 0.3) is 0 Å². The molecule has 0 bridgehead atoms. The van der Waals surface area contributed by atoms with E-state index in [0.29, 0.717) is 0 Å². The lowest BCUT2D eigenvalue weighted by Crippen LogP contribution is -2.13. The minimum Gasteiger partial charge on any atom is -0.310 e. The fraction of sp³-hybridized carbons (Fsp3) is 0.240. The van der Waals surface area contributed by atoms with E-state index in [1.54, 1.807) is 4.68 Å². The Labute approximate surface area is 187 Å². The number of hydrogen-bond donors (Lipinski definition) is 1. The Kier molecular flexibility index (Phi) is 5.02. The van der Waals surface area contributed by atoms with Gasteiger partial charge in [0, 0.05) is 30.3 Å². The summed E-state index contributed by atoms with van der Waals surface area (Å²) in [6, 6.07) is 19.2. The van der Waals surface area contributed by atoms with Crippen molar-refractivity contribution in [3.63, 3.8) is 0 Å². The number of aryl methyl sites for hydroxylation is 3. The highest BCUT2D eigenvalue weighted by Crippen LogP contribution is 2.53. The molecule has 0 aliphatic heterocycles. The molecule has 2 aromatic heterocycles. The van der Waals surface area contributed by atoms with Crippen molar-refractivity contribution in [2.75, 3.05) is 4.72 Å². The monoisotopic (exact) mass is 427 g/mol. The average molecular weight is 428 g/mol. The van der Waals surface area contributed by atoms with Crippen molar-refractivity contribution >= 4 is 17.8 Å². The van der Waals surface area contributed by atoms with Crippen LogP contribution in [-0.4, -0.2) is 19.7 Å². The van der Waals surface area contributed by atoms with Gasteiger partial charge in [0.15, 0.2) is 5.82 Å². The zero-order chi connectivity index (χ0) is 21.4. The summed E-state index contributed by atoms with van der Waals surface area (Å²) in [7, 11) is 1.92. The van der Waals surface area contributed by atoms with E-state index in [1.807, 2.05) is 19.4 Å². The smallest absolute Gasteiger partial charge is 0.162 e. The molecular formula is C25H25N5S. The van der Waals surface area contributed by atoms with Crippen LogP contribution in [0.15, 0.2) is 71.9 Å². The highest BCUT2D eigenvalue weighted by molar-refractivity contribution is 8.00. The second-order valence-electron chi connectivity index (χ2n) is 8.23. The Hall–Kier alpha value is -3.12. The Balaban J connectivity index is 1.59. The lowest BCUT2D eigenvalue weighted by molar-refractivity contribution is 0.766. The maximum absolute atomic E-state index is 5.12. The maximum atomic E-state index is 5.12. The topological polar surface area (TPSA) is 55.6 Å². The molecule has 0 saturated heterocycles. The van der Waals surface area contributed by atoms with Gasteiger partial charge in [-0.05, 0) is 55.3 Å². The predicted molar refractivity (Wildman–Crippen MR) is 126 cm³/mol. The molecule has 0 radical (unpaired) electrons. The fourth-order valence-corrected chi connectivity index (χ4v) is 4.79. The normalized spacial score (nSPS) is 14.4. The van der Waals surface area contributed by atoms with Crippen LogP contribution in [0.3, 0.4) is 0 Å². The minimum atomic E-state index is -0.0229. The number of nitrogens with zero attached hydrogens (tertiary/aromatic N) is 4. The molecule has 5 rings (SSSR count). The molecule has 1 fully saturated rings. The molecule has 0 spiro atoms. The first-order valence-electron chi connectivity index (χ1n) is 10.5. The fourth-order valence-electron chi connectivity index (χ4n) is 4.16. The molecule has 0 amide bonds. The zero-order valence-electron chi connectivity index (χ0n) is 18.0. The first-order valence-corrected chi connectivity index (χ1v) is 11.3. The number of anilines is 1. The number of hydrogen-bond acceptors (Lipinski definition) is 5. The van der Waals surface area contributed by atoms with Crippen LogP contribution >= 0.6 is 11.9 Å². The van der Waals surface area contributed by atoms with Gasteiger partial charge in [-0.3, -0.25) is 4.68 Å². The van der Waals surface area contributed by atoms with E-state index in [0.717, 1.165) is 40.6 Å². The summed E-state index contributed by atoms with van der Waals surface area (Å²) in [4.78, 5) is 11.1. The van der Waals surface area contributed by atoms with Gasteiger partial charge < -0.3 is 4.72 Å². The van der Waals surface area contributed by atoms with Crippen LogP contribution in [0.4, 0.5) is 5.82 Å². The minimum absolute atomic E-state index is 0.0229. The molecule has 2 aromatic carbocycles. The molecule has 1 aliphatic rings. The SMILES string of the molecule is Cc1cccc(C)c1-c1nc(NSc2cnn(C)c2)cc(C2(c3ccccc3)CC2)n1. The van der Waals surface area contributed by atoms with E-state index in [1.165, 1.54) is 28.6 Å². The van der Waals surface area contributed by atoms with Gasteiger partial charge in [-0.15, -0.1) is 0 Å². The lowest BCUT2D eigenvalue weighted by atomic mass is 9.92. The van der Waals surface area contributed by atoms with Crippen molar-refractivity contribution < 1.29 is 0 Å². The Morgan fingerprint density at radius 3 is 2.35 bits per heavy atom. The van der Waals surface area contributed by atoms with Crippen molar-refractivity contribution in [2.24, 2.45) is 7.05 Å². The molecule has 0 atom stereocenters. The summed E-state index contributed by atoms with van der Waals surface area (Å²) in [5, 5.41) is 4.25. The summed E-state index contributed by atoms with van der Waals surface area (Å²) in [6.45, 7) is 4.25. The lowest BCUT2D eigenvalue weighted by Gasteiger charge is -2.19. The molecule has 31 heavy (non-hydrogen) atoms. The van der Waals surface area contributed by atoms with E-state index >= 15 is 0 Å². The standard InChI is InChI=1S/C25H25N5S/c1-17-8-7-9-18(2)23(17)24-27-21(25(12-13-25)19-10-5-4-6-11-19)14-22(28-24)29-31-20-15-26-30(3)16-20/h4-11,14-16H,12-13H2,1-3H3,(H,27,28,29). The second-order valence-corrected chi connectivity index (χ2v) is 9.11. The third-order valence-corrected chi connectivity index (χ3v) is 6.71. The third kappa shape index (κ3) is 3.83. The largest absolute Gasteiger partial charge is 0.310 e. The summed E-state index contributed by atoms with van der Waals surface area (Å²) in [5.41, 5.74) is 5.88. The molecule has 0 unspecified atom stereocenters. The van der Waals surface area contributed by atoms with E-state index in [4.69, 9.17) is 9.97 Å². The molecule has 156 valence electrons. The van der Waals surface area contributed by atoms with Gasteiger partial charge in [-0.1, -0.05) is 48.5 Å². The van der Waals surface area contributed by atoms with Gasteiger partial charge in [-0.2, -0.15) is 5.10 Å². The van der Waals surface area contributed by atoms with Crippen LogP contribution < -0.4 is 4.72 Å². The summed E-state index contributed by atoms with van der Waals surface area (Å²) in [6.07, 6.45) is 6.04. The average Bonchev–Trinajstić information content (AvgIpc) is 3.49. The highest BCUT2D eigenvalue weighted by Gasteiger charge is 2.47. The summed E-state index contributed by atoms with van der Waals surface area (Å²) >= 11 is 1.52. The van der Waals surface area contributed by atoms with E-state index in [9.17, 15) is 0 Å². The zero-order valence-corrected chi connectivity index (χ0v) is 18.8. The molecule has 1 N–H and O–H groups in total. The molecule has 2 heterocycles. The van der Waals surface area contributed by atoms with Gasteiger partial charge in [0.05, 0.1) is 16.8 Å². The molecule has 4 aromatic rings. The Morgan fingerprint density at radius 2 is 1.71 bits per heavy atom. The van der Waals surface area contributed by atoms with Gasteiger partial charge in [0.2, 0.25) is 0 Å². The van der Waals surface area contributed by atoms with Gasteiger partial charge in [-0.25, -0.2) is 9.97 Å². The van der Waals surface area contributed by atoms with Gasteiger partial charge in [0.1, 0.15) is 5.82 Å². The van der Waals surface area contributed by atoms with E-state index in [2.05, 4.69) is 78.3 Å². The predicted octanol–water partition coefficient (Wildman–Crippen LogP) is 5.69. The van der Waals surface area contributed by atoms with Crippen LogP contribution in [-0.2, 0) is 12.5 Å². The van der Waals surface area contributed by atoms with Crippen molar-refractivity contribution in [3.8, 4) is 11.4 Å². The number of rotatable bonds is 6. The van der Waals surface area contributed by atoms with Gasteiger partial charge >= 0.3 is 0 Å². The summed E-state index contributed by atoms with van der Waals surface area (Å²) in [5.74, 6) is 1.60. The number of nitrogens with one attached hydrogen (secondary N) is 1. The first kappa shape index (κ1) is 19.8. The Morgan fingerprint density at radius 1 is 0.968 bits per heavy atom. The van der Waals surface area contributed by atoms with Crippen LogP contribution in [0.2, 0.25) is 0 Å². The first-order chi connectivity index (χ1) is 15.0.